The molecule has 1 N–H and O–H groups in total. The molecule has 0 radical (unpaired) electrons. The van der Waals surface area contributed by atoms with Gasteiger partial charge in [0.1, 0.15) is 0 Å². The van der Waals surface area contributed by atoms with Crippen LogP contribution in [0.2, 0.25) is 5.02 Å². The molecule has 0 aromatic heterocycles. The highest BCUT2D eigenvalue weighted by atomic mass is 35.5. The minimum absolute atomic E-state index is 0.0692. The van der Waals surface area contributed by atoms with Crippen LogP contribution in [0.1, 0.15) is 44.1 Å². The Hall–Kier alpha value is -1.06. The smallest absolute Gasteiger partial charge is 0.239 e. The van der Waals surface area contributed by atoms with Crippen LogP contribution in [0.4, 0.5) is 0 Å². The van der Waals surface area contributed by atoms with Crippen LogP contribution < -0.4 is 5.32 Å². The van der Waals surface area contributed by atoms with Gasteiger partial charge in [-0.15, -0.1) is 0 Å². The Kier molecular flexibility index (Phi) is 4.51. The summed E-state index contributed by atoms with van der Waals surface area (Å²) in [7, 11) is 0. The maximum absolute atomic E-state index is 12.3. The van der Waals surface area contributed by atoms with Crippen molar-refractivity contribution in [3.8, 4) is 0 Å². The van der Waals surface area contributed by atoms with Crippen LogP contribution >= 0.6 is 11.6 Å². The first-order valence-electron chi connectivity index (χ1n) is 7.94. The lowest BCUT2D eigenvalue weighted by Crippen LogP contribution is -2.51. The number of benzene rings is 1. The molecular formula is C17H23ClN2O. The molecule has 2 fully saturated rings. The van der Waals surface area contributed by atoms with E-state index in [-0.39, 0.29) is 11.9 Å². The monoisotopic (exact) mass is 306 g/mol. The lowest BCUT2D eigenvalue weighted by Gasteiger charge is -2.38. The second-order valence-corrected chi connectivity index (χ2v) is 6.71. The first kappa shape index (κ1) is 14.9. The Morgan fingerprint density at radius 2 is 1.95 bits per heavy atom. The van der Waals surface area contributed by atoms with Gasteiger partial charge in [-0.2, -0.15) is 0 Å². The lowest BCUT2D eigenvalue weighted by molar-refractivity contribution is -0.132. The first-order chi connectivity index (χ1) is 10.1. The van der Waals surface area contributed by atoms with E-state index in [1.807, 2.05) is 30.0 Å². The molecule has 4 heteroatoms. The molecule has 0 spiro atoms. The van der Waals surface area contributed by atoms with Crippen molar-refractivity contribution in [1.29, 1.82) is 0 Å². The van der Waals surface area contributed by atoms with Crippen molar-refractivity contribution >= 4 is 17.5 Å². The van der Waals surface area contributed by atoms with Crippen LogP contribution in [0.25, 0.3) is 0 Å². The number of hydrogen-bond acceptors (Lipinski definition) is 2. The third kappa shape index (κ3) is 3.24. The number of likely N-dealkylation sites (tertiary alicyclic amines) is 1. The van der Waals surface area contributed by atoms with E-state index >= 15 is 0 Å². The number of rotatable bonds is 4. The molecular weight excluding hydrogens is 284 g/mol. The molecule has 3 rings (SSSR count). The molecule has 0 bridgehead atoms. The minimum Gasteiger partial charge on any atom is -0.341 e. The fourth-order valence-corrected chi connectivity index (χ4v) is 3.74. The Labute approximate surface area is 131 Å². The molecule has 1 aliphatic carbocycles. The zero-order valence-electron chi connectivity index (χ0n) is 12.5. The van der Waals surface area contributed by atoms with Crippen LogP contribution in [0.15, 0.2) is 24.3 Å². The fourth-order valence-electron chi connectivity index (χ4n) is 3.45. The molecule has 21 heavy (non-hydrogen) atoms. The van der Waals surface area contributed by atoms with Crippen molar-refractivity contribution < 1.29 is 4.79 Å². The number of hydrogen-bond donors (Lipinski definition) is 1. The van der Waals surface area contributed by atoms with Gasteiger partial charge in [0.05, 0.1) is 6.04 Å². The van der Waals surface area contributed by atoms with E-state index < -0.39 is 0 Å². The molecule has 3 nitrogen and oxygen atoms in total. The summed E-state index contributed by atoms with van der Waals surface area (Å²) in [5, 5.41) is 4.34. The van der Waals surface area contributed by atoms with E-state index in [9.17, 15) is 4.79 Å². The third-order valence-electron chi connectivity index (χ3n) is 4.76. The SMILES string of the molecule is CC(NC1CC(c2ccccc2Cl)C1)C(=O)N1CCCC1. The quantitative estimate of drug-likeness (QED) is 0.926. The van der Waals surface area contributed by atoms with E-state index in [0.717, 1.165) is 43.8 Å². The second kappa shape index (κ2) is 6.37. The number of carbonyl (C=O) groups is 1. The van der Waals surface area contributed by atoms with Gasteiger partial charge in [0, 0.05) is 24.2 Å². The second-order valence-electron chi connectivity index (χ2n) is 6.31. The van der Waals surface area contributed by atoms with Gasteiger partial charge in [0.15, 0.2) is 0 Å². The van der Waals surface area contributed by atoms with E-state index in [1.165, 1.54) is 5.56 Å². The van der Waals surface area contributed by atoms with Crippen LogP contribution in [0.3, 0.4) is 0 Å². The molecule has 2 aliphatic rings. The molecule has 1 saturated heterocycles. The predicted octanol–water partition coefficient (Wildman–Crippen LogP) is 3.19. The van der Waals surface area contributed by atoms with Crippen molar-refractivity contribution in [3.63, 3.8) is 0 Å². The molecule has 1 amide bonds. The number of nitrogens with zero attached hydrogens (tertiary/aromatic N) is 1. The van der Waals surface area contributed by atoms with Gasteiger partial charge in [0.2, 0.25) is 5.91 Å². The largest absolute Gasteiger partial charge is 0.341 e. The van der Waals surface area contributed by atoms with Gasteiger partial charge in [-0.25, -0.2) is 0 Å². The van der Waals surface area contributed by atoms with Crippen molar-refractivity contribution in [2.24, 2.45) is 0 Å². The first-order valence-corrected chi connectivity index (χ1v) is 8.32. The summed E-state index contributed by atoms with van der Waals surface area (Å²) in [6.07, 6.45) is 4.44. The zero-order valence-corrected chi connectivity index (χ0v) is 13.3. The summed E-state index contributed by atoms with van der Waals surface area (Å²) in [4.78, 5) is 14.3. The van der Waals surface area contributed by atoms with Crippen molar-refractivity contribution in [2.75, 3.05) is 13.1 Å². The summed E-state index contributed by atoms with van der Waals surface area (Å²) in [5.74, 6) is 0.791. The van der Waals surface area contributed by atoms with Crippen LogP contribution in [0, 0.1) is 0 Å². The number of halogens is 1. The minimum atomic E-state index is -0.0692. The standard InChI is InChI=1S/C17H23ClN2O/c1-12(17(21)20-8-4-5-9-20)19-14-10-13(11-14)15-6-2-3-7-16(15)18/h2-3,6-7,12-14,19H,4-5,8-11H2,1H3. The number of amides is 1. The maximum Gasteiger partial charge on any atom is 0.239 e. The maximum atomic E-state index is 12.3. The Balaban J connectivity index is 1.48. The molecule has 1 unspecified atom stereocenters. The summed E-state index contributed by atoms with van der Waals surface area (Å²) >= 11 is 6.24. The zero-order chi connectivity index (χ0) is 14.8. The van der Waals surface area contributed by atoms with E-state index in [0.29, 0.717) is 12.0 Å². The Morgan fingerprint density at radius 3 is 2.62 bits per heavy atom. The molecule has 114 valence electrons. The van der Waals surface area contributed by atoms with E-state index in [4.69, 9.17) is 11.6 Å². The molecule has 1 atom stereocenters. The summed E-state index contributed by atoms with van der Waals surface area (Å²) in [6, 6.07) is 8.45. The normalized spacial score (nSPS) is 26.5. The van der Waals surface area contributed by atoms with Crippen LogP contribution in [0.5, 0.6) is 0 Å². The highest BCUT2D eigenvalue weighted by Gasteiger charge is 2.34. The Morgan fingerprint density at radius 1 is 1.29 bits per heavy atom. The molecule has 1 heterocycles. The molecule has 1 aliphatic heterocycles. The number of nitrogens with one attached hydrogen (secondary N) is 1. The summed E-state index contributed by atoms with van der Waals surface area (Å²) < 4.78 is 0. The van der Waals surface area contributed by atoms with Gasteiger partial charge in [-0.3, -0.25) is 4.79 Å². The number of carbonyl (C=O) groups excluding carboxylic acids is 1. The van der Waals surface area contributed by atoms with E-state index in [2.05, 4.69) is 11.4 Å². The highest BCUT2D eigenvalue weighted by Crippen LogP contribution is 2.40. The van der Waals surface area contributed by atoms with Gasteiger partial charge < -0.3 is 10.2 Å². The van der Waals surface area contributed by atoms with Gasteiger partial charge in [-0.05, 0) is 50.2 Å². The van der Waals surface area contributed by atoms with Crippen molar-refractivity contribution in [2.45, 2.75) is 50.6 Å². The van der Waals surface area contributed by atoms with E-state index in [1.54, 1.807) is 0 Å². The van der Waals surface area contributed by atoms with Gasteiger partial charge >= 0.3 is 0 Å². The van der Waals surface area contributed by atoms with Crippen molar-refractivity contribution in [3.05, 3.63) is 34.9 Å². The van der Waals surface area contributed by atoms with Crippen molar-refractivity contribution in [1.82, 2.24) is 10.2 Å². The molecule has 1 aromatic carbocycles. The summed E-state index contributed by atoms with van der Waals surface area (Å²) in [6.45, 7) is 3.85. The topological polar surface area (TPSA) is 32.3 Å². The van der Waals surface area contributed by atoms with Crippen LogP contribution in [-0.2, 0) is 4.79 Å². The molecule has 1 aromatic rings. The Bertz CT molecular complexity index is 507. The van der Waals surface area contributed by atoms with Gasteiger partial charge in [-0.1, -0.05) is 29.8 Å². The fraction of sp³-hybridized carbons (Fsp3) is 0.588. The third-order valence-corrected chi connectivity index (χ3v) is 5.10. The highest BCUT2D eigenvalue weighted by molar-refractivity contribution is 6.31. The van der Waals surface area contributed by atoms with Crippen LogP contribution in [-0.4, -0.2) is 36.0 Å². The molecule has 1 saturated carbocycles. The average molecular weight is 307 g/mol. The summed E-state index contributed by atoms with van der Waals surface area (Å²) in [5.41, 5.74) is 1.25. The van der Waals surface area contributed by atoms with Gasteiger partial charge in [0.25, 0.3) is 0 Å². The average Bonchev–Trinajstić information content (AvgIpc) is 2.96. The lowest BCUT2D eigenvalue weighted by atomic mass is 9.75. The predicted molar refractivity (Wildman–Crippen MR) is 85.6 cm³/mol.